The van der Waals surface area contributed by atoms with E-state index in [4.69, 9.17) is 15.2 Å². The molecule has 0 aliphatic rings. The number of nitrogens with one attached hydrogen (secondary N) is 1. The second kappa shape index (κ2) is 6.65. The lowest BCUT2D eigenvalue weighted by Crippen LogP contribution is -2.06. The van der Waals surface area contributed by atoms with Crippen molar-refractivity contribution in [2.24, 2.45) is 0 Å². The van der Waals surface area contributed by atoms with Gasteiger partial charge in [-0.15, -0.1) is 0 Å². The Morgan fingerprint density at radius 2 is 1.95 bits per heavy atom. The number of ether oxygens (including phenoxy) is 2. The summed E-state index contributed by atoms with van der Waals surface area (Å²) in [6.45, 7) is 2.54. The lowest BCUT2D eigenvalue weighted by molar-refractivity contribution is 0.0602. The standard InChI is InChI=1S/C16H18N2O3/c1-3-21-13-6-4-5-11(9-13)18-12-7-8-15(17)14(10-12)16(19)20-2/h4-10,18H,3,17H2,1-2H3. The number of hydrogen-bond acceptors (Lipinski definition) is 5. The van der Waals surface area contributed by atoms with Crippen molar-refractivity contribution < 1.29 is 14.3 Å². The lowest BCUT2D eigenvalue weighted by Gasteiger charge is -2.11. The molecule has 0 aliphatic heterocycles. The topological polar surface area (TPSA) is 73.6 Å². The molecule has 0 aliphatic carbocycles. The maximum Gasteiger partial charge on any atom is 0.340 e. The van der Waals surface area contributed by atoms with Crippen molar-refractivity contribution in [2.45, 2.75) is 6.92 Å². The van der Waals surface area contributed by atoms with Crippen LogP contribution in [-0.4, -0.2) is 19.7 Å². The Balaban J connectivity index is 2.23. The normalized spacial score (nSPS) is 10.0. The summed E-state index contributed by atoms with van der Waals surface area (Å²) in [6.07, 6.45) is 0. The Morgan fingerprint density at radius 3 is 2.67 bits per heavy atom. The number of methoxy groups -OCH3 is 1. The molecule has 2 aromatic rings. The highest BCUT2D eigenvalue weighted by molar-refractivity contribution is 5.96. The van der Waals surface area contributed by atoms with Crippen LogP contribution in [0.2, 0.25) is 0 Å². The van der Waals surface area contributed by atoms with Crippen molar-refractivity contribution in [1.82, 2.24) is 0 Å². The number of hydrogen-bond donors (Lipinski definition) is 2. The molecule has 0 saturated heterocycles. The summed E-state index contributed by atoms with van der Waals surface area (Å²) < 4.78 is 10.2. The first-order chi connectivity index (χ1) is 10.1. The second-order valence-electron chi connectivity index (χ2n) is 4.38. The van der Waals surface area contributed by atoms with Gasteiger partial charge in [0.1, 0.15) is 5.75 Å². The molecule has 110 valence electrons. The van der Waals surface area contributed by atoms with Crippen molar-refractivity contribution in [2.75, 3.05) is 24.8 Å². The van der Waals surface area contributed by atoms with Gasteiger partial charge in [-0.2, -0.15) is 0 Å². The summed E-state index contributed by atoms with van der Waals surface area (Å²) in [7, 11) is 1.33. The van der Waals surface area contributed by atoms with Crippen LogP contribution in [0.1, 0.15) is 17.3 Å². The van der Waals surface area contributed by atoms with Gasteiger partial charge in [0.2, 0.25) is 0 Å². The van der Waals surface area contributed by atoms with Crippen LogP contribution in [0, 0.1) is 0 Å². The number of benzene rings is 2. The van der Waals surface area contributed by atoms with Crippen LogP contribution in [0.3, 0.4) is 0 Å². The molecule has 2 aromatic carbocycles. The van der Waals surface area contributed by atoms with E-state index in [9.17, 15) is 4.79 Å². The number of nitrogens with two attached hydrogens (primary N) is 1. The maximum atomic E-state index is 11.6. The number of rotatable bonds is 5. The van der Waals surface area contributed by atoms with Gasteiger partial charge in [0.15, 0.2) is 0 Å². The molecule has 0 bridgehead atoms. The Labute approximate surface area is 123 Å². The molecule has 2 rings (SSSR count). The van der Waals surface area contributed by atoms with Gasteiger partial charge in [-0.05, 0) is 37.3 Å². The van der Waals surface area contributed by atoms with E-state index in [1.807, 2.05) is 31.2 Å². The molecule has 0 radical (unpaired) electrons. The van der Waals surface area contributed by atoms with E-state index in [0.717, 1.165) is 17.1 Å². The first-order valence-corrected chi connectivity index (χ1v) is 6.61. The molecule has 0 fully saturated rings. The second-order valence-corrected chi connectivity index (χ2v) is 4.38. The summed E-state index contributed by atoms with van der Waals surface area (Å²) in [4.78, 5) is 11.6. The fraction of sp³-hybridized carbons (Fsp3) is 0.188. The molecule has 5 heteroatoms. The molecular formula is C16H18N2O3. The summed E-state index contributed by atoms with van der Waals surface area (Å²) in [6, 6.07) is 12.7. The first kappa shape index (κ1) is 14.7. The lowest BCUT2D eigenvalue weighted by atomic mass is 10.1. The highest BCUT2D eigenvalue weighted by atomic mass is 16.5. The van der Waals surface area contributed by atoms with E-state index < -0.39 is 5.97 Å². The van der Waals surface area contributed by atoms with Crippen LogP contribution < -0.4 is 15.8 Å². The smallest absolute Gasteiger partial charge is 0.340 e. The predicted molar refractivity (Wildman–Crippen MR) is 83.1 cm³/mol. The minimum Gasteiger partial charge on any atom is -0.494 e. The zero-order chi connectivity index (χ0) is 15.2. The van der Waals surface area contributed by atoms with Crippen LogP contribution in [0.25, 0.3) is 0 Å². The number of esters is 1. The van der Waals surface area contributed by atoms with Crippen molar-refractivity contribution in [3.8, 4) is 5.75 Å². The van der Waals surface area contributed by atoms with E-state index in [1.54, 1.807) is 18.2 Å². The maximum absolute atomic E-state index is 11.6. The Bertz CT molecular complexity index is 641. The minimum absolute atomic E-state index is 0.337. The van der Waals surface area contributed by atoms with Crippen LogP contribution in [0.5, 0.6) is 5.75 Å². The van der Waals surface area contributed by atoms with E-state index in [0.29, 0.717) is 17.9 Å². The Kier molecular flexibility index (Phi) is 4.66. The summed E-state index contributed by atoms with van der Waals surface area (Å²) >= 11 is 0. The molecule has 0 heterocycles. The average Bonchev–Trinajstić information content (AvgIpc) is 2.49. The van der Waals surface area contributed by atoms with Crippen molar-refractivity contribution in [1.29, 1.82) is 0 Å². The molecule has 0 spiro atoms. The van der Waals surface area contributed by atoms with Gasteiger partial charge in [0.05, 0.1) is 19.3 Å². The van der Waals surface area contributed by atoms with Crippen molar-refractivity contribution in [3.63, 3.8) is 0 Å². The highest BCUT2D eigenvalue weighted by Gasteiger charge is 2.10. The van der Waals surface area contributed by atoms with Crippen LogP contribution in [0.4, 0.5) is 17.1 Å². The average molecular weight is 286 g/mol. The van der Waals surface area contributed by atoms with E-state index >= 15 is 0 Å². The zero-order valence-electron chi connectivity index (χ0n) is 12.1. The Hall–Kier alpha value is -2.69. The van der Waals surface area contributed by atoms with Crippen LogP contribution in [-0.2, 0) is 4.74 Å². The van der Waals surface area contributed by atoms with Gasteiger partial charge in [-0.25, -0.2) is 4.79 Å². The molecule has 5 nitrogen and oxygen atoms in total. The van der Waals surface area contributed by atoms with Gasteiger partial charge < -0.3 is 20.5 Å². The number of carbonyl (C=O) groups is 1. The molecule has 0 amide bonds. The molecule has 0 unspecified atom stereocenters. The third-order valence-electron chi connectivity index (χ3n) is 2.89. The molecular weight excluding hydrogens is 268 g/mol. The van der Waals surface area contributed by atoms with E-state index in [-0.39, 0.29) is 0 Å². The van der Waals surface area contributed by atoms with Gasteiger partial charge in [-0.3, -0.25) is 0 Å². The Morgan fingerprint density at radius 1 is 1.19 bits per heavy atom. The molecule has 3 N–H and O–H groups in total. The largest absolute Gasteiger partial charge is 0.494 e. The van der Waals surface area contributed by atoms with Crippen molar-refractivity contribution in [3.05, 3.63) is 48.0 Å². The van der Waals surface area contributed by atoms with Gasteiger partial charge in [-0.1, -0.05) is 6.07 Å². The van der Waals surface area contributed by atoms with Crippen LogP contribution in [0.15, 0.2) is 42.5 Å². The third kappa shape index (κ3) is 3.66. The molecule has 0 atom stereocenters. The number of nitrogen functional groups attached to an aromatic ring is 1. The summed E-state index contributed by atoms with van der Waals surface area (Å²) in [5.74, 6) is 0.324. The molecule has 21 heavy (non-hydrogen) atoms. The van der Waals surface area contributed by atoms with E-state index in [1.165, 1.54) is 7.11 Å². The summed E-state index contributed by atoms with van der Waals surface area (Å²) in [5, 5.41) is 3.21. The monoisotopic (exact) mass is 286 g/mol. The minimum atomic E-state index is -0.459. The molecule has 0 saturated carbocycles. The van der Waals surface area contributed by atoms with Gasteiger partial charge in [0.25, 0.3) is 0 Å². The third-order valence-corrected chi connectivity index (χ3v) is 2.89. The number of anilines is 3. The zero-order valence-corrected chi connectivity index (χ0v) is 12.1. The summed E-state index contributed by atoms with van der Waals surface area (Å²) in [5.41, 5.74) is 8.11. The molecule has 0 aromatic heterocycles. The highest BCUT2D eigenvalue weighted by Crippen LogP contribution is 2.24. The SMILES string of the molecule is CCOc1cccc(Nc2ccc(N)c(C(=O)OC)c2)c1. The van der Waals surface area contributed by atoms with Gasteiger partial charge in [0, 0.05) is 23.1 Å². The quantitative estimate of drug-likeness (QED) is 0.652. The first-order valence-electron chi connectivity index (χ1n) is 6.61. The fourth-order valence-electron chi connectivity index (χ4n) is 1.92. The van der Waals surface area contributed by atoms with Crippen LogP contribution >= 0.6 is 0 Å². The van der Waals surface area contributed by atoms with E-state index in [2.05, 4.69) is 5.32 Å². The fourth-order valence-corrected chi connectivity index (χ4v) is 1.92. The van der Waals surface area contributed by atoms with Crippen molar-refractivity contribution >= 4 is 23.0 Å². The van der Waals surface area contributed by atoms with Gasteiger partial charge >= 0.3 is 5.97 Å². The number of carbonyl (C=O) groups excluding carboxylic acids is 1. The predicted octanol–water partition coefficient (Wildman–Crippen LogP) is 3.20.